The number of carboxylic acid groups (broad SMARTS) is 1. The van der Waals surface area contributed by atoms with Gasteiger partial charge < -0.3 is 19.5 Å². The lowest BCUT2D eigenvalue weighted by molar-refractivity contribution is -0.122. The fourth-order valence-electron chi connectivity index (χ4n) is 6.68. The number of nitrogens with zero attached hydrogens (tertiary/aromatic N) is 5. The van der Waals surface area contributed by atoms with Gasteiger partial charge in [0.2, 0.25) is 11.8 Å². The van der Waals surface area contributed by atoms with Crippen molar-refractivity contribution in [1.82, 2.24) is 19.7 Å². The molecule has 2 aromatic carbocycles. The van der Waals surface area contributed by atoms with Crippen molar-refractivity contribution in [3.63, 3.8) is 0 Å². The molecule has 2 saturated heterocycles. The predicted octanol–water partition coefficient (Wildman–Crippen LogP) is 4.05. The van der Waals surface area contributed by atoms with Crippen LogP contribution in [0.4, 0.5) is 14.9 Å². The summed E-state index contributed by atoms with van der Waals surface area (Å²) in [4.78, 5) is 38.9. The van der Waals surface area contributed by atoms with E-state index in [2.05, 4.69) is 14.8 Å². The van der Waals surface area contributed by atoms with Crippen LogP contribution < -0.4 is 9.64 Å². The van der Waals surface area contributed by atoms with Crippen molar-refractivity contribution in [2.24, 2.45) is 0 Å². The fourth-order valence-corrected chi connectivity index (χ4v) is 6.68. The van der Waals surface area contributed by atoms with Crippen molar-refractivity contribution in [2.45, 2.75) is 44.5 Å². The zero-order valence-electron chi connectivity index (χ0n) is 25.7. The molecule has 0 radical (unpaired) electrons. The average molecular weight is 618 g/mol. The standard InChI is InChI=1S/C34H40FN5O5/c1-23-17-38(29(20-39(23)34(42)43)19-37-12-13-44-24(2)18-37)21-32(41)40-30-15-26(14-25-8-10-28(35)11-9-25)16-36-33(30)45-22-31(40)27-6-4-3-5-7-27/h3-11,15-16,23-24,29,31H,12-14,17-22H2,1-2H3,(H,42,43)/t23-,24-,29+,31-/m1/s1. The maximum Gasteiger partial charge on any atom is 0.407 e. The molecule has 10 nitrogen and oxygen atoms in total. The van der Waals surface area contributed by atoms with Gasteiger partial charge in [-0.3, -0.25) is 19.5 Å². The summed E-state index contributed by atoms with van der Waals surface area (Å²) in [5.74, 6) is -0.00936. The van der Waals surface area contributed by atoms with Gasteiger partial charge in [-0.05, 0) is 55.2 Å². The van der Waals surface area contributed by atoms with E-state index in [-0.39, 0.29) is 49.1 Å². The van der Waals surface area contributed by atoms with Crippen LogP contribution in [-0.2, 0) is 16.0 Å². The second-order valence-electron chi connectivity index (χ2n) is 12.3. The first-order valence-electron chi connectivity index (χ1n) is 15.6. The van der Waals surface area contributed by atoms with Crippen LogP contribution in [0.1, 0.15) is 36.6 Å². The van der Waals surface area contributed by atoms with Gasteiger partial charge in [-0.2, -0.15) is 0 Å². The van der Waals surface area contributed by atoms with Crippen molar-refractivity contribution in [3.8, 4) is 5.88 Å². The number of halogens is 1. The van der Waals surface area contributed by atoms with Crippen LogP contribution in [0.5, 0.6) is 5.88 Å². The first kappa shape index (κ1) is 30.9. The number of hydrogen-bond donors (Lipinski definition) is 1. The first-order valence-corrected chi connectivity index (χ1v) is 15.6. The van der Waals surface area contributed by atoms with Gasteiger partial charge in [-0.1, -0.05) is 42.5 Å². The van der Waals surface area contributed by atoms with E-state index in [0.29, 0.717) is 44.2 Å². The number of benzene rings is 2. The molecule has 3 aliphatic heterocycles. The number of anilines is 1. The van der Waals surface area contributed by atoms with E-state index in [1.54, 1.807) is 23.2 Å². The summed E-state index contributed by atoms with van der Waals surface area (Å²) < 4.78 is 25.4. The lowest BCUT2D eigenvalue weighted by Gasteiger charge is -2.47. The number of carbonyl (C=O) groups excluding carboxylic acids is 1. The smallest absolute Gasteiger partial charge is 0.407 e. The number of ether oxygens (including phenoxy) is 2. The van der Waals surface area contributed by atoms with E-state index in [1.807, 2.05) is 50.2 Å². The molecule has 6 rings (SSSR count). The van der Waals surface area contributed by atoms with Gasteiger partial charge in [-0.25, -0.2) is 14.2 Å². The largest absolute Gasteiger partial charge is 0.474 e. The highest BCUT2D eigenvalue weighted by Crippen LogP contribution is 2.39. The maximum atomic E-state index is 14.5. The minimum Gasteiger partial charge on any atom is -0.474 e. The van der Waals surface area contributed by atoms with Gasteiger partial charge in [0.15, 0.2) is 0 Å². The molecule has 0 aliphatic carbocycles. The number of pyridine rings is 1. The van der Waals surface area contributed by atoms with E-state index >= 15 is 0 Å². The summed E-state index contributed by atoms with van der Waals surface area (Å²) in [5, 5.41) is 9.92. The van der Waals surface area contributed by atoms with Gasteiger partial charge in [0.25, 0.3) is 0 Å². The Balaban J connectivity index is 1.30. The zero-order valence-corrected chi connectivity index (χ0v) is 25.7. The van der Waals surface area contributed by atoms with Gasteiger partial charge >= 0.3 is 6.09 Å². The third kappa shape index (κ3) is 7.11. The van der Waals surface area contributed by atoms with E-state index in [1.165, 1.54) is 17.0 Å². The molecule has 45 heavy (non-hydrogen) atoms. The summed E-state index contributed by atoms with van der Waals surface area (Å²) in [7, 11) is 0. The quantitative estimate of drug-likeness (QED) is 0.424. The number of amides is 2. The van der Waals surface area contributed by atoms with Gasteiger partial charge in [-0.15, -0.1) is 0 Å². The highest BCUT2D eigenvalue weighted by molar-refractivity contribution is 5.97. The molecule has 4 heterocycles. The van der Waals surface area contributed by atoms with Crippen LogP contribution in [0.15, 0.2) is 66.9 Å². The monoisotopic (exact) mass is 617 g/mol. The van der Waals surface area contributed by atoms with Crippen molar-refractivity contribution >= 4 is 17.7 Å². The number of aromatic nitrogens is 1. The van der Waals surface area contributed by atoms with E-state index < -0.39 is 6.09 Å². The Hall–Kier alpha value is -4.06. The van der Waals surface area contributed by atoms with Crippen LogP contribution in [-0.4, -0.2) is 107 Å². The van der Waals surface area contributed by atoms with Crippen molar-refractivity contribution in [3.05, 3.63) is 89.4 Å². The van der Waals surface area contributed by atoms with E-state index in [4.69, 9.17) is 9.47 Å². The molecule has 2 fully saturated rings. The average Bonchev–Trinajstić information content (AvgIpc) is 3.03. The second kappa shape index (κ2) is 13.5. The normalized spacial score (nSPS) is 24.2. The van der Waals surface area contributed by atoms with Gasteiger partial charge in [0.1, 0.15) is 18.1 Å². The molecule has 1 aromatic heterocycles. The SMILES string of the molecule is C[C@@H]1CN(C[C@H]2CN(C(=O)O)[C@H](C)CN2CC(=O)N2c3cc(Cc4ccc(F)cc4)cnc3OC[C@@H]2c2ccccc2)CCO1. The fraction of sp³-hybridized carbons (Fsp3) is 0.441. The van der Waals surface area contributed by atoms with Gasteiger partial charge in [0, 0.05) is 51.0 Å². The molecular formula is C34H40FN5O5. The molecular weight excluding hydrogens is 577 g/mol. The molecule has 0 bridgehead atoms. The van der Waals surface area contributed by atoms with Crippen molar-refractivity contribution in [1.29, 1.82) is 0 Å². The Morgan fingerprint density at radius 3 is 2.53 bits per heavy atom. The van der Waals surface area contributed by atoms with Crippen molar-refractivity contribution < 1.29 is 28.6 Å². The van der Waals surface area contributed by atoms with Gasteiger partial charge in [0.05, 0.1) is 25.3 Å². The summed E-state index contributed by atoms with van der Waals surface area (Å²) in [6, 6.07) is 17.3. The Labute approximate surface area is 263 Å². The molecule has 3 aliphatic rings. The van der Waals surface area contributed by atoms with Crippen LogP contribution in [0.25, 0.3) is 0 Å². The van der Waals surface area contributed by atoms with Crippen LogP contribution in [0.2, 0.25) is 0 Å². The highest BCUT2D eigenvalue weighted by atomic mass is 19.1. The lowest BCUT2D eigenvalue weighted by atomic mass is 10.0. The van der Waals surface area contributed by atoms with Crippen LogP contribution in [0.3, 0.4) is 0 Å². The molecule has 0 spiro atoms. The molecule has 4 atom stereocenters. The van der Waals surface area contributed by atoms with Crippen LogP contribution in [0, 0.1) is 5.82 Å². The highest BCUT2D eigenvalue weighted by Gasteiger charge is 2.40. The first-order chi connectivity index (χ1) is 21.7. The second-order valence-corrected chi connectivity index (χ2v) is 12.3. The molecule has 0 saturated carbocycles. The minimum atomic E-state index is -0.945. The minimum absolute atomic E-state index is 0.0972. The molecule has 1 N–H and O–H groups in total. The number of hydrogen-bond acceptors (Lipinski definition) is 7. The topological polar surface area (TPSA) is 98.7 Å². The maximum absolute atomic E-state index is 14.5. The molecule has 238 valence electrons. The lowest BCUT2D eigenvalue weighted by Crippen LogP contribution is -2.63. The summed E-state index contributed by atoms with van der Waals surface area (Å²) >= 11 is 0. The van der Waals surface area contributed by atoms with E-state index in [9.17, 15) is 19.1 Å². The summed E-state index contributed by atoms with van der Waals surface area (Å²) in [5.41, 5.74) is 3.34. The summed E-state index contributed by atoms with van der Waals surface area (Å²) in [6.07, 6.45) is 1.41. The number of rotatable bonds is 7. The Morgan fingerprint density at radius 2 is 1.80 bits per heavy atom. The Kier molecular flexibility index (Phi) is 9.29. The summed E-state index contributed by atoms with van der Waals surface area (Å²) in [6.45, 7) is 7.86. The van der Waals surface area contributed by atoms with Crippen LogP contribution >= 0.6 is 0 Å². The van der Waals surface area contributed by atoms with E-state index in [0.717, 1.165) is 29.8 Å². The van der Waals surface area contributed by atoms with Crippen molar-refractivity contribution in [2.75, 3.05) is 57.4 Å². The molecule has 11 heteroatoms. The zero-order chi connectivity index (χ0) is 31.5. The third-order valence-corrected chi connectivity index (χ3v) is 8.95. The number of carbonyl (C=O) groups is 2. The number of piperazine rings is 1. The molecule has 2 amide bonds. The Bertz CT molecular complexity index is 1490. The third-order valence-electron chi connectivity index (χ3n) is 8.95. The molecule has 0 unspecified atom stereocenters. The number of morpholine rings is 1. The molecule has 3 aromatic rings. The predicted molar refractivity (Wildman–Crippen MR) is 167 cm³/mol. The number of fused-ring (bicyclic) bond motifs is 1. The Morgan fingerprint density at radius 1 is 1.02 bits per heavy atom.